The Morgan fingerprint density at radius 3 is 2.41 bits per heavy atom. The van der Waals surface area contributed by atoms with Crippen LogP contribution in [0.5, 0.6) is 0 Å². The maximum atomic E-state index is 13.8. The highest BCUT2D eigenvalue weighted by atomic mass is 35.5. The summed E-state index contributed by atoms with van der Waals surface area (Å²) >= 11 is 5.86. The molecule has 2 amide bonds. The molecule has 0 saturated carbocycles. The Kier molecular flexibility index (Phi) is 6.08. The van der Waals surface area contributed by atoms with Crippen molar-refractivity contribution in [2.75, 3.05) is 31.5 Å². The number of hydrogen-bond acceptors (Lipinski definition) is 3. The van der Waals surface area contributed by atoms with Crippen molar-refractivity contribution in [2.24, 2.45) is 0 Å². The summed E-state index contributed by atoms with van der Waals surface area (Å²) in [7, 11) is 0. The van der Waals surface area contributed by atoms with Gasteiger partial charge in [-0.05, 0) is 37.3 Å². The van der Waals surface area contributed by atoms with Crippen LogP contribution in [0.25, 0.3) is 0 Å². The summed E-state index contributed by atoms with van der Waals surface area (Å²) in [6.45, 7) is 4.00. The van der Waals surface area contributed by atoms with E-state index in [9.17, 15) is 14.0 Å². The Labute approximate surface area is 162 Å². The Bertz CT molecular complexity index is 823. The monoisotopic (exact) mass is 389 g/mol. The summed E-state index contributed by atoms with van der Waals surface area (Å²) in [5.41, 5.74) is 0.727. The smallest absolute Gasteiger partial charge is 0.253 e. The number of anilines is 1. The number of benzene rings is 2. The van der Waals surface area contributed by atoms with Crippen LogP contribution >= 0.6 is 11.6 Å². The van der Waals surface area contributed by atoms with Gasteiger partial charge in [0.15, 0.2) is 0 Å². The molecule has 1 aliphatic heterocycles. The normalized spacial score (nSPS) is 16.0. The van der Waals surface area contributed by atoms with E-state index in [-0.39, 0.29) is 17.5 Å². The Morgan fingerprint density at radius 1 is 1.07 bits per heavy atom. The Hall–Kier alpha value is -2.44. The number of nitrogens with zero attached hydrogens (tertiary/aromatic N) is 2. The molecular formula is C20H21ClFN3O2. The fourth-order valence-electron chi connectivity index (χ4n) is 3.07. The Morgan fingerprint density at radius 2 is 1.74 bits per heavy atom. The van der Waals surface area contributed by atoms with Crippen LogP contribution in [-0.2, 0) is 4.79 Å². The van der Waals surface area contributed by atoms with E-state index in [1.807, 2.05) is 23.1 Å². The molecule has 0 radical (unpaired) electrons. The number of carbonyl (C=O) groups is 2. The van der Waals surface area contributed by atoms with Gasteiger partial charge in [0.25, 0.3) is 5.91 Å². The molecule has 0 spiro atoms. The van der Waals surface area contributed by atoms with Gasteiger partial charge in [-0.2, -0.15) is 0 Å². The number of rotatable bonds is 4. The molecule has 5 nitrogen and oxygen atoms in total. The molecule has 1 saturated heterocycles. The van der Waals surface area contributed by atoms with Gasteiger partial charge in [-0.1, -0.05) is 29.8 Å². The van der Waals surface area contributed by atoms with Gasteiger partial charge < -0.3 is 10.2 Å². The van der Waals surface area contributed by atoms with Crippen LogP contribution in [-0.4, -0.2) is 53.8 Å². The maximum absolute atomic E-state index is 13.8. The second-order valence-corrected chi connectivity index (χ2v) is 6.92. The van der Waals surface area contributed by atoms with Crippen LogP contribution in [0.4, 0.5) is 10.1 Å². The van der Waals surface area contributed by atoms with Crippen molar-refractivity contribution in [3.05, 3.63) is 64.9 Å². The van der Waals surface area contributed by atoms with E-state index in [1.54, 1.807) is 24.0 Å². The van der Waals surface area contributed by atoms with Gasteiger partial charge in [-0.3, -0.25) is 14.5 Å². The summed E-state index contributed by atoms with van der Waals surface area (Å²) < 4.78 is 13.8. The first-order valence-electron chi connectivity index (χ1n) is 8.80. The average molecular weight is 390 g/mol. The lowest BCUT2D eigenvalue weighted by Crippen LogP contribution is -2.54. The van der Waals surface area contributed by atoms with Crippen molar-refractivity contribution >= 4 is 29.1 Å². The first-order valence-corrected chi connectivity index (χ1v) is 9.18. The van der Waals surface area contributed by atoms with E-state index in [0.29, 0.717) is 36.8 Å². The van der Waals surface area contributed by atoms with Gasteiger partial charge >= 0.3 is 0 Å². The zero-order chi connectivity index (χ0) is 19.4. The molecule has 1 heterocycles. The third-order valence-corrected chi connectivity index (χ3v) is 4.97. The van der Waals surface area contributed by atoms with E-state index >= 15 is 0 Å². The highest BCUT2D eigenvalue weighted by Gasteiger charge is 2.28. The van der Waals surface area contributed by atoms with Crippen molar-refractivity contribution < 1.29 is 14.0 Å². The predicted octanol–water partition coefficient (Wildman–Crippen LogP) is 3.26. The molecule has 2 aromatic carbocycles. The lowest BCUT2D eigenvalue weighted by atomic mass is 10.1. The number of halogens is 2. The fourth-order valence-corrected chi connectivity index (χ4v) is 3.24. The highest BCUT2D eigenvalue weighted by molar-refractivity contribution is 6.30. The van der Waals surface area contributed by atoms with Gasteiger partial charge in [0.05, 0.1) is 11.7 Å². The molecule has 1 fully saturated rings. The van der Waals surface area contributed by atoms with Crippen LogP contribution in [0.1, 0.15) is 17.3 Å². The second-order valence-electron chi connectivity index (χ2n) is 6.48. The molecule has 0 bridgehead atoms. The summed E-state index contributed by atoms with van der Waals surface area (Å²) in [5, 5.41) is 2.94. The lowest BCUT2D eigenvalue weighted by molar-refractivity contribution is -0.121. The first kappa shape index (κ1) is 19.3. The van der Waals surface area contributed by atoms with E-state index in [4.69, 9.17) is 11.6 Å². The van der Waals surface area contributed by atoms with Crippen LogP contribution < -0.4 is 5.32 Å². The largest absolute Gasteiger partial charge is 0.336 e. The molecule has 7 heteroatoms. The third-order valence-electron chi connectivity index (χ3n) is 4.74. The van der Waals surface area contributed by atoms with Crippen LogP contribution in [0, 0.1) is 5.82 Å². The minimum absolute atomic E-state index is 0.00615. The average Bonchev–Trinajstić information content (AvgIpc) is 2.70. The molecule has 1 aliphatic rings. The molecule has 1 N–H and O–H groups in total. The summed E-state index contributed by atoms with van der Waals surface area (Å²) in [6, 6.07) is 12.7. The van der Waals surface area contributed by atoms with E-state index in [0.717, 1.165) is 0 Å². The number of hydrogen-bond donors (Lipinski definition) is 1. The van der Waals surface area contributed by atoms with E-state index in [2.05, 4.69) is 5.32 Å². The van der Waals surface area contributed by atoms with Crippen molar-refractivity contribution in [1.82, 2.24) is 9.80 Å². The number of nitrogens with one attached hydrogen (secondary N) is 1. The fraction of sp³-hybridized carbons (Fsp3) is 0.300. The summed E-state index contributed by atoms with van der Waals surface area (Å²) in [5.74, 6) is -0.842. The first-order chi connectivity index (χ1) is 13.0. The second kappa shape index (κ2) is 8.50. The minimum Gasteiger partial charge on any atom is -0.336 e. The summed E-state index contributed by atoms with van der Waals surface area (Å²) in [6.07, 6.45) is 0. The molecule has 1 atom stereocenters. The predicted molar refractivity (Wildman–Crippen MR) is 103 cm³/mol. The lowest BCUT2D eigenvalue weighted by Gasteiger charge is -2.37. The van der Waals surface area contributed by atoms with Crippen LogP contribution in [0.2, 0.25) is 5.02 Å². The number of amides is 2. The minimum atomic E-state index is -0.529. The van der Waals surface area contributed by atoms with Gasteiger partial charge in [-0.15, -0.1) is 0 Å². The van der Waals surface area contributed by atoms with Crippen molar-refractivity contribution in [3.8, 4) is 0 Å². The van der Waals surface area contributed by atoms with Crippen LogP contribution in [0.3, 0.4) is 0 Å². The maximum Gasteiger partial charge on any atom is 0.253 e. The molecular weight excluding hydrogens is 369 g/mol. The molecule has 142 valence electrons. The standard InChI is InChI=1S/C20H21ClFN3O2/c1-14(19(26)23-18-13-16(21)7-8-17(18)22)24-9-11-25(12-10-24)20(27)15-5-3-2-4-6-15/h2-8,13-14H,9-12H2,1H3,(H,23,26). The zero-order valence-electron chi connectivity index (χ0n) is 15.0. The SMILES string of the molecule is CC(C(=O)Nc1cc(Cl)ccc1F)N1CCN(C(=O)c2ccccc2)CC1. The third kappa shape index (κ3) is 4.64. The Balaban J connectivity index is 1.56. The van der Waals surface area contributed by atoms with Crippen LogP contribution in [0.15, 0.2) is 48.5 Å². The van der Waals surface area contributed by atoms with Gasteiger partial charge in [0.2, 0.25) is 5.91 Å². The van der Waals surface area contributed by atoms with E-state index < -0.39 is 11.9 Å². The topological polar surface area (TPSA) is 52.7 Å². The highest BCUT2D eigenvalue weighted by Crippen LogP contribution is 2.20. The van der Waals surface area contributed by atoms with Crippen molar-refractivity contribution in [3.63, 3.8) is 0 Å². The number of piperazine rings is 1. The molecule has 27 heavy (non-hydrogen) atoms. The molecule has 0 aromatic heterocycles. The van der Waals surface area contributed by atoms with Crippen molar-refractivity contribution in [1.29, 1.82) is 0 Å². The van der Waals surface area contributed by atoms with Gasteiger partial charge in [0, 0.05) is 36.8 Å². The van der Waals surface area contributed by atoms with Crippen molar-refractivity contribution in [2.45, 2.75) is 13.0 Å². The van der Waals surface area contributed by atoms with E-state index in [1.165, 1.54) is 18.2 Å². The molecule has 1 unspecified atom stereocenters. The molecule has 0 aliphatic carbocycles. The molecule has 3 rings (SSSR count). The number of carbonyl (C=O) groups excluding carboxylic acids is 2. The summed E-state index contributed by atoms with van der Waals surface area (Å²) in [4.78, 5) is 28.7. The zero-order valence-corrected chi connectivity index (χ0v) is 15.7. The molecule has 2 aromatic rings. The quantitative estimate of drug-likeness (QED) is 0.873. The van der Waals surface area contributed by atoms with Gasteiger partial charge in [-0.25, -0.2) is 4.39 Å². The van der Waals surface area contributed by atoms with Gasteiger partial charge in [0.1, 0.15) is 5.82 Å².